The van der Waals surface area contributed by atoms with E-state index in [4.69, 9.17) is 0 Å². The van der Waals surface area contributed by atoms with E-state index in [0.717, 1.165) is 42.9 Å². The molecule has 1 fully saturated rings. The lowest BCUT2D eigenvalue weighted by molar-refractivity contribution is -0.133. The van der Waals surface area contributed by atoms with Crippen LogP contribution in [0, 0.1) is 5.82 Å². The minimum absolute atomic E-state index is 0.0262. The van der Waals surface area contributed by atoms with Gasteiger partial charge in [-0.1, -0.05) is 31.5 Å². The Morgan fingerprint density at radius 3 is 2.52 bits per heavy atom. The van der Waals surface area contributed by atoms with Gasteiger partial charge < -0.3 is 20.0 Å². The number of thiophene rings is 1. The minimum atomic E-state index is -0.299. The molecule has 1 aromatic heterocycles. The van der Waals surface area contributed by atoms with Crippen LogP contribution in [0.2, 0.25) is 0 Å². The van der Waals surface area contributed by atoms with Crippen molar-refractivity contribution in [2.24, 2.45) is 0 Å². The highest BCUT2D eigenvalue weighted by Gasteiger charge is 2.23. The number of unbranched alkanes of at least 4 members (excludes halogenated alkanes) is 1. The Hall–Kier alpha value is -2.45. The van der Waals surface area contributed by atoms with Crippen LogP contribution in [-0.4, -0.2) is 65.9 Å². The Kier molecular flexibility index (Phi) is 10.2. The number of likely N-dealkylation sites (tertiary alicyclic amines) is 1. The van der Waals surface area contributed by atoms with Gasteiger partial charge in [-0.2, -0.15) is 0 Å². The number of carbonyl (C=O) groups is 2. The second kappa shape index (κ2) is 13.3. The van der Waals surface area contributed by atoms with Gasteiger partial charge in [-0.15, -0.1) is 11.3 Å². The summed E-state index contributed by atoms with van der Waals surface area (Å²) < 4.78 is 13.4. The Morgan fingerprint density at radius 1 is 1.09 bits per heavy atom. The summed E-state index contributed by atoms with van der Waals surface area (Å²) in [6.07, 6.45) is 4.29. The molecule has 0 saturated carbocycles. The lowest BCUT2D eigenvalue weighted by Crippen LogP contribution is -2.48. The molecule has 3 rings (SSSR count). The average molecular weight is 475 g/mol. The second-order valence-electron chi connectivity index (χ2n) is 8.51. The molecule has 33 heavy (non-hydrogen) atoms. The van der Waals surface area contributed by atoms with Crippen LogP contribution < -0.4 is 5.32 Å². The predicted molar refractivity (Wildman–Crippen MR) is 131 cm³/mol. The number of rotatable bonds is 12. The van der Waals surface area contributed by atoms with Gasteiger partial charge in [0.05, 0.1) is 6.54 Å². The first-order valence-electron chi connectivity index (χ1n) is 11.8. The molecule has 0 aliphatic carbocycles. The van der Waals surface area contributed by atoms with Gasteiger partial charge in [-0.05, 0) is 61.5 Å². The zero-order valence-corrected chi connectivity index (χ0v) is 20.3. The summed E-state index contributed by atoms with van der Waals surface area (Å²) in [5.41, 5.74) is 0.859. The molecular formula is C25H35FN4O2S. The third kappa shape index (κ3) is 8.44. The number of benzene rings is 1. The van der Waals surface area contributed by atoms with E-state index in [1.54, 1.807) is 33.3 Å². The van der Waals surface area contributed by atoms with E-state index in [-0.39, 0.29) is 24.3 Å². The molecule has 8 heteroatoms. The quantitative estimate of drug-likeness (QED) is 0.466. The molecule has 180 valence electrons. The number of nitrogens with zero attached hydrogens (tertiary/aromatic N) is 3. The van der Waals surface area contributed by atoms with Crippen LogP contribution in [0.3, 0.4) is 0 Å². The van der Waals surface area contributed by atoms with Gasteiger partial charge in [0.2, 0.25) is 5.91 Å². The van der Waals surface area contributed by atoms with Gasteiger partial charge in [0.15, 0.2) is 0 Å². The van der Waals surface area contributed by atoms with Gasteiger partial charge >= 0.3 is 6.03 Å². The predicted octanol–water partition coefficient (Wildman–Crippen LogP) is 4.32. The van der Waals surface area contributed by atoms with Crippen molar-refractivity contribution < 1.29 is 14.0 Å². The molecule has 3 amide bonds. The molecule has 1 N–H and O–H groups in total. The third-order valence-electron chi connectivity index (χ3n) is 5.87. The third-order valence-corrected chi connectivity index (χ3v) is 6.73. The Labute approximate surface area is 200 Å². The first-order chi connectivity index (χ1) is 16.0. The average Bonchev–Trinajstić information content (AvgIpc) is 3.52. The molecule has 1 aromatic carbocycles. The highest BCUT2D eigenvalue weighted by Crippen LogP contribution is 2.16. The number of hydrogen-bond donors (Lipinski definition) is 1. The molecule has 1 aliphatic heterocycles. The van der Waals surface area contributed by atoms with Crippen LogP contribution in [0.15, 0.2) is 41.8 Å². The summed E-state index contributed by atoms with van der Waals surface area (Å²) in [6.45, 7) is 6.95. The number of carbonyl (C=O) groups excluding carboxylic acids is 2. The molecule has 0 unspecified atom stereocenters. The molecular weight excluding hydrogens is 439 g/mol. The Bertz CT molecular complexity index is 854. The fourth-order valence-electron chi connectivity index (χ4n) is 3.90. The smallest absolute Gasteiger partial charge is 0.317 e. The van der Waals surface area contributed by atoms with Gasteiger partial charge in [0.25, 0.3) is 0 Å². The first-order valence-corrected chi connectivity index (χ1v) is 12.7. The van der Waals surface area contributed by atoms with E-state index < -0.39 is 0 Å². The van der Waals surface area contributed by atoms with Crippen molar-refractivity contribution in [3.05, 3.63) is 58.0 Å². The van der Waals surface area contributed by atoms with Crippen molar-refractivity contribution >= 4 is 23.3 Å². The van der Waals surface area contributed by atoms with Gasteiger partial charge in [0.1, 0.15) is 12.4 Å². The largest absolute Gasteiger partial charge is 0.338 e. The fraction of sp³-hybridized carbons (Fsp3) is 0.520. The zero-order chi connectivity index (χ0) is 23.5. The summed E-state index contributed by atoms with van der Waals surface area (Å²) in [6, 6.07) is 10.00. The van der Waals surface area contributed by atoms with E-state index in [2.05, 4.69) is 17.1 Å². The van der Waals surface area contributed by atoms with Crippen LogP contribution in [0.4, 0.5) is 9.18 Å². The monoisotopic (exact) mass is 474 g/mol. The summed E-state index contributed by atoms with van der Waals surface area (Å²) in [4.78, 5) is 33.1. The van der Waals surface area contributed by atoms with Gasteiger partial charge in [-0.25, -0.2) is 9.18 Å². The first kappa shape index (κ1) is 25.2. The molecule has 1 aliphatic rings. The van der Waals surface area contributed by atoms with Crippen LogP contribution in [0.25, 0.3) is 0 Å². The lowest BCUT2D eigenvalue weighted by atomic mass is 10.2. The number of amides is 3. The fourth-order valence-corrected chi connectivity index (χ4v) is 4.62. The summed E-state index contributed by atoms with van der Waals surface area (Å²) in [5, 5.41) is 4.95. The topological polar surface area (TPSA) is 55.9 Å². The van der Waals surface area contributed by atoms with E-state index >= 15 is 0 Å². The maximum absolute atomic E-state index is 13.4. The SMILES string of the molecule is CCCCNC(=O)N(CCN1CCCC1)CC(=O)N(Cc1ccc(F)cc1)Cc1cccs1. The molecule has 1 saturated heterocycles. The van der Waals surface area contributed by atoms with Crippen molar-refractivity contribution in [2.45, 2.75) is 45.7 Å². The second-order valence-corrected chi connectivity index (χ2v) is 9.54. The standard InChI is InChI=1S/C25H35FN4O2S/c1-2-3-12-27-25(32)29(16-15-28-13-4-5-14-28)20-24(31)30(19-23-7-6-17-33-23)18-21-8-10-22(26)11-9-21/h6-11,17H,2-5,12-16,18-20H2,1H3,(H,27,32). The molecule has 0 spiro atoms. The van der Waals surface area contributed by atoms with Crippen LogP contribution in [0.5, 0.6) is 0 Å². The van der Waals surface area contributed by atoms with Crippen molar-refractivity contribution in [3.63, 3.8) is 0 Å². The molecule has 2 aromatic rings. The Balaban J connectivity index is 1.68. The van der Waals surface area contributed by atoms with Crippen LogP contribution >= 0.6 is 11.3 Å². The molecule has 6 nitrogen and oxygen atoms in total. The minimum Gasteiger partial charge on any atom is -0.338 e. The highest BCUT2D eigenvalue weighted by molar-refractivity contribution is 7.09. The van der Waals surface area contributed by atoms with E-state index in [9.17, 15) is 14.0 Å². The van der Waals surface area contributed by atoms with Gasteiger partial charge in [0, 0.05) is 31.1 Å². The number of hydrogen-bond acceptors (Lipinski definition) is 4. The normalized spacial score (nSPS) is 13.8. The van der Waals surface area contributed by atoms with Gasteiger partial charge in [-0.3, -0.25) is 4.79 Å². The molecule has 0 bridgehead atoms. The highest BCUT2D eigenvalue weighted by atomic mass is 32.1. The lowest BCUT2D eigenvalue weighted by Gasteiger charge is -2.29. The Morgan fingerprint density at radius 2 is 1.85 bits per heavy atom. The molecule has 2 heterocycles. The van der Waals surface area contributed by atoms with Crippen molar-refractivity contribution in [1.29, 1.82) is 0 Å². The summed E-state index contributed by atoms with van der Waals surface area (Å²) in [5.74, 6) is -0.411. The number of nitrogens with one attached hydrogen (secondary N) is 1. The van der Waals surface area contributed by atoms with Crippen LogP contribution in [-0.2, 0) is 17.9 Å². The number of urea groups is 1. The van der Waals surface area contributed by atoms with E-state index in [1.807, 2.05) is 17.5 Å². The summed E-state index contributed by atoms with van der Waals surface area (Å²) >= 11 is 1.59. The van der Waals surface area contributed by atoms with Crippen LogP contribution in [0.1, 0.15) is 43.0 Å². The number of halogens is 1. The maximum Gasteiger partial charge on any atom is 0.317 e. The van der Waals surface area contributed by atoms with Crippen molar-refractivity contribution in [2.75, 3.05) is 39.3 Å². The van der Waals surface area contributed by atoms with E-state index in [1.165, 1.54) is 25.0 Å². The van der Waals surface area contributed by atoms with Crippen molar-refractivity contribution in [1.82, 2.24) is 20.0 Å². The zero-order valence-electron chi connectivity index (χ0n) is 19.5. The van der Waals surface area contributed by atoms with E-state index in [0.29, 0.717) is 26.2 Å². The van der Waals surface area contributed by atoms with Crippen molar-refractivity contribution in [3.8, 4) is 0 Å². The maximum atomic E-state index is 13.4. The summed E-state index contributed by atoms with van der Waals surface area (Å²) in [7, 11) is 0. The molecule has 0 atom stereocenters. The molecule has 0 radical (unpaired) electrons.